The van der Waals surface area contributed by atoms with Gasteiger partial charge in [-0.05, 0) is 25.5 Å². The minimum atomic E-state index is 0.719. The molecule has 0 spiro atoms. The maximum Gasteiger partial charge on any atom is 0.101 e. The minimum Gasteiger partial charge on any atom is -0.384 e. The van der Waals surface area contributed by atoms with Gasteiger partial charge in [0.05, 0.1) is 11.3 Å². The van der Waals surface area contributed by atoms with Crippen molar-refractivity contribution >= 4 is 5.69 Å². The van der Waals surface area contributed by atoms with E-state index < -0.39 is 0 Å². The Balaban J connectivity index is 3.13. The summed E-state index contributed by atoms with van der Waals surface area (Å²) in [6.07, 6.45) is 0. The largest absolute Gasteiger partial charge is 0.384 e. The van der Waals surface area contributed by atoms with Crippen molar-refractivity contribution in [3.05, 3.63) is 29.3 Å². The molecular formula is C10H12N2. The van der Waals surface area contributed by atoms with Crippen molar-refractivity contribution in [2.45, 2.75) is 13.8 Å². The number of nitrogens with zero attached hydrogens (tertiary/aromatic N) is 1. The number of aryl methyl sites for hydroxylation is 1. The summed E-state index contributed by atoms with van der Waals surface area (Å²) in [6.45, 7) is 4.87. The highest BCUT2D eigenvalue weighted by molar-refractivity contribution is 5.61. The molecule has 12 heavy (non-hydrogen) atoms. The number of hydrogen-bond acceptors (Lipinski definition) is 2. The molecule has 0 fully saturated rings. The highest BCUT2D eigenvalue weighted by Crippen LogP contribution is 2.18. The summed E-state index contributed by atoms with van der Waals surface area (Å²) in [4.78, 5) is 0. The molecule has 62 valence electrons. The fourth-order valence-electron chi connectivity index (χ4n) is 1.17. The third-order valence-electron chi connectivity index (χ3n) is 1.75. The highest BCUT2D eigenvalue weighted by Gasteiger charge is 2.01. The van der Waals surface area contributed by atoms with E-state index in [4.69, 9.17) is 5.26 Å². The van der Waals surface area contributed by atoms with Gasteiger partial charge in [-0.25, -0.2) is 0 Å². The summed E-state index contributed by atoms with van der Waals surface area (Å²) in [5.74, 6) is 0. The van der Waals surface area contributed by atoms with Crippen molar-refractivity contribution in [3.63, 3.8) is 0 Å². The van der Waals surface area contributed by atoms with Crippen LogP contribution in [0.1, 0.15) is 18.1 Å². The molecule has 0 heterocycles. The van der Waals surface area contributed by atoms with Crippen LogP contribution in [-0.2, 0) is 0 Å². The molecule has 0 radical (unpaired) electrons. The first kappa shape index (κ1) is 8.61. The average molecular weight is 160 g/mol. The lowest BCUT2D eigenvalue weighted by Crippen LogP contribution is -2.00. The van der Waals surface area contributed by atoms with Gasteiger partial charge in [-0.2, -0.15) is 5.26 Å². The van der Waals surface area contributed by atoms with Crippen LogP contribution in [0, 0.1) is 18.3 Å². The molecule has 0 aliphatic rings. The summed E-state index contributed by atoms with van der Waals surface area (Å²) in [5, 5.41) is 12.0. The van der Waals surface area contributed by atoms with Crippen LogP contribution in [0.15, 0.2) is 18.2 Å². The zero-order valence-corrected chi connectivity index (χ0v) is 7.39. The minimum absolute atomic E-state index is 0.719. The number of anilines is 1. The van der Waals surface area contributed by atoms with Gasteiger partial charge in [0.25, 0.3) is 0 Å². The molecule has 1 N–H and O–H groups in total. The number of hydrogen-bond donors (Lipinski definition) is 1. The zero-order valence-electron chi connectivity index (χ0n) is 7.39. The van der Waals surface area contributed by atoms with E-state index in [1.807, 2.05) is 32.0 Å². The van der Waals surface area contributed by atoms with Crippen LogP contribution in [0.3, 0.4) is 0 Å². The molecule has 1 rings (SSSR count). The first-order chi connectivity index (χ1) is 5.79. The van der Waals surface area contributed by atoms with Crippen LogP contribution >= 0.6 is 0 Å². The van der Waals surface area contributed by atoms with Crippen LogP contribution < -0.4 is 5.32 Å². The molecule has 1 aromatic carbocycles. The van der Waals surface area contributed by atoms with E-state index in [0.717, 1.165) is 23.4 Å². The monoisotopic (exact) mass is 160 g/mol. The lowest BCUT2D eigenvalue weighted by Gasteiger charge is -2.08. The van der Waals surface area contributed by atoms with E-state index >= 15 is 0 Å². The molecule has 0 aromatic heterocycles. The maximum absolute atomic E-state index is 8.78. The number of rotatable bonds is 2. The van der Waals surface area contributed by atoms with Gasteiger partial charge in [0.15, 0.2) is 0 Å². The van der Waals surface area contributed by atoms with E-state index in [1.165, 1.54) is 0 Å². The molecule has 1 aromatic rings. The summed E-state index contributed by atoms with van der Waals surface area (Å²) >= 11 is 0. The van der Waals surface area contributed by atoms with E-state index in [0.29, 0.717) is 0 Å². The van der Waals surface area contributed by atoms with Crippen molar-refractivity contribution in [1.29, 1.82) is 5.26 Å². The van der Waals surface area contributed by atoms with E-state index in [1.54, 1.807) is 0 Å². The topological polar surface area (TPSA) is 35.8 Å². The van der Waals surface area contributed by atoms with Crippen molar-refractivity contribution in [3.8, 4) is 6.07 Å². The van der Waals surface area contributed by atoms with Gasteiger partial charge in [-0.1, -0.05) is 12.1 Å². The molecule has 0 unspecified atom stereocenters. The Morgan fingerprint density at radius 2 is 2.25 bits per heavy atom. The van der Waals surface area contributed by atoms with Crippen LogP contribution in [-0.4, -0.2) is 6.54 Å². The van der Waals surface area contributed by atoms with Crippen molar-refractivity contribution < 1.29 is 0 Å². The molecule has 0 aliphatic heterocycles. The molecule has 2 heteroatoms. The quantitative estimate of drug-likeness (QED) is 0.720. The lowest BCUT2D eigenvalue weighted by molar-refractivity contribution is 1.19. The summed E-state index contributed by atoms with van der Waals surface area (Å²) in [7, 11) is 0. The molecule has 0 aliphatic carbocycles. The fourth-order valence-corrected chi connectivity index (χ4v) is 1.17. The molecule has 0 amide bonds. The number of para-hydroxylation sites is 1. The predicted molar refractivity (Wildman–Crippen MR) is 50.1 cm³/mol. The molecule has 2 nitrogen and oxygen atoms in total. The van der Waals surface area contributed by atoms with Crippen molar-refractivity contribution in [2.24, 2.45) is 0 Å². The lowest BCUT2D eigenvalue weighted by atomic mass is 10.1. The van der Waals surface area contributed by atoms with Crippen LogP contribution in [0.5, 0.6) is 0 Å². The highest BCUT2D eigenvalue weighted by atomic mass is 14.9. The van der Waals surface area contributed by atoms with Gasteiger partial charge in [-0.3, -0.25) is 0 Å². The number of nitrogens with one attached hydrogen (secondary N) is 1. The van der Waals surface area contributed by atoms with Crippen LogP contribution in [0.4, 0.5) is 5.69 Å². The van der Waals surface area contributed by atoms with E-state index in [9.17, 15) is 0 Å². The average Bonchev–Trinajstić information content (AvgIpc) is 2.09. The maximum atomic E-state index is 8.78. The Bertz CT molecular complexity index is 310. The van der Waals surface area contributed by atoms with Crippen LogP contribution in [0.25, 0.3) is 0 Å². The first-order valence-electron chi connectivity index (χ1n) is 4.03. The Morgan fingerprint density at radius 1 is 1.50 bits per heavy atom. The predicted octanol–water partition coefficient (Wildman–Crippen LogP) is 2.30. The number of benzene rings is 1. The third kappa shape index (κ3) is 1.57. The van der Waals surface area contributed by atoms with Gasteiger partial charge in [0.1, 0.15) is 6.07 Å². The molecule has 0 atom stereocenters. The van der Waals surface area contributed by atoms with Gasteiger partial charge < -0.3 is 5.32 Å². The van der Waals surface area contributed by atoms with Gasteiger partial charge >= 0.3 is 0 Å². The van der Waals surface area contributed by atoms with Gasteiger partial charge in [0.2, 0.25) is 0 Å². The molecule has 0 bridgehead atoms. The first-order valence-corrected chi connectivity index (χ1v) is 4.03. The fraction of sp³-hybridized carbons (Fsp3) is 0.300. The molecular weight excluding hydrogens is 148 g/mol. The smallest absolute Gasteiger partial charge is 0.101 e. The van der Waals surface area contributed by atoms with Crippen molar-refractivity contribution in [2.75, 3.05) is 11.9 Å². The SMILES string of the molecule is CCNc1c(C)cccc1C#N. The van der Waals surface area contributed by atoms with Gasteiger partial charge in [0, 0.05) is 6.54 Å². The summed E-state index contributed by atoms with van der Waals surface area (Å²) in [6, 6.07) is 7.88. The standard InChI is InChI=1S/C10H12N2/c1-3-12-10-8(2)5-4-6-9(10)7-11/h4-6,12H,3H2,1-2H3. The second-order valence-electron chi connectivity index (χ2n) is 2.64. The Kier molecular flexibility index (Phi) is 2.71. The van der Waals surface area contributed by atoms with E-state index in [-0.39, 0.29) is 0 Å². The molecule has 0 saturated heterocycles. The second-order valence-corrected chi connectivity index (χ2v) is 2.64. The number of nitriles is 1. The summed E-state index contributed by atoms with van der Waals surface area (Å²) < 4.78 is 0. The normalized spacial score (nSPS) is 9.08. The van der Waals surface area contributed by atoms with Crippen molar-refractivity contribution in [1.82, 2.24) is 0 Å². The summed E-state index contributed by atoms with van der Waals surface area (Å²) in [5.41, 5.74) is 2.80. The Labute approximate surface area is 72.8 Å². The Morgan fingerprint density at radius 3 is 2.83 bits per heavy atom. The molecule has 0 saturated carbocycles. The Hall–Kier alpha value is -1.49. The van der Waals surface area contributed by atoms with Crippen LogP contribution in [0.2, 0.25) is 0 Å². The second kappa shape index (κ2) is 3.77. The van der Waals surface area contributed by atoms with E-state index in [2.05, 4.69) is 11.4 Å². The third-order valence-corrected chi connectivity index (χ3v) is 1.75. The van der Waals surface area contributed by atoms with Gasteiger partial charge in [-0.15, -0.1) is 0 Å². The zero-order chi connectivity index (χ0) is 8.97.